The van der Waals surface area contributed by atoms with Gasteiger partial charge in [-0.3, -0.25) is 15.5 Å². The van der Waals surface area contributed by atoms with Crippen molar-refractivity contribution >= 4 is 11.9 Å². The van der Waals surface area contributed by atoms with Crippen LogP contribution in [0.1, 0.15) is 17.7 Å². The predicted molar refractivity (Wildman–Crippen MR) is 83.3 cm³/mol. The fourth-order valence-electron chi connectivity index (χ4n) is 2.81. The molecule has 1 saturated heterocycles. The molecule has 0 saturated carbocycles. The number of ether oxygens (including phenoxy) is 1. The third-order valence-corrected chi connectivity index (χ3v) is 4.10. The number of alkyl halides is 3. The Hall–Kier alpha value is -2.38. The molecule has 0 aliphatic carbocycles. The van der Waals surface area contributed by atoms with E-state index < -0.39 is 23.9 Å². The molecule has 0 radical (unpaired) electrons. The molecule has 2 aliphatic heterocycles. The monoisotopic (exact) mass is 376 g/mol. The van der Waals surface area contributed by atoms with Gasteiger partial charge < -0.3 is 14.5 Å². The van der Waals surface area contributed by atoms with Gasteiger partial charge >= 0.3 is 6.18 Å². The van der Waals surface area contributed by atoms with Crippen LogP contribution in [0.25, 0.3) is 0 Å². The molecule has 13 heteroatoms. The SMILES string of the molecule is CN1C(N2CCOCC2)=Nn2c(C(F)(F)F)cnc2C1NCC(=O)NN. The van der Waals surface area contributed by atoms with Gasteiger partial charge in [0.15, 0.2) is 11.5 Å². The molecule has 0 spiro atoms. The molecule has 144 valence electrons. The first-order valence-corrected chi connectivity index (χ1v) is 7.85. The van der Waals surface area contributed by atoms with Gasteiger partial charge in [-0.25, -0.2) is 15.5 Å². The van der Waals surface area contributed by atoms with Gasteiger partial charge in [0, 0.05) is 20.1 Å². The Morgan fingerprint density at radius 3 is 2.73 bits per heavy atom. The molecule has 1 fully saturated rings. The Balaban J connectivity index is 1.98. The van der Waals surface area contributed by atoms with Gasteiger partial charge in [-0.05, 0) is 0 Å². The Morgan fingerprint density at radius 2 is 2.12 bits per heavy atom. The molecule has 0 bridgehead atoms. The summed E-state index contributed by atoms with van der Waals surface area (Å²) in [7, 11) is 1.66. The van der Waals surface area contributed by atoms with Crippen LogP contribution in [0.15, 0.2) is 11.3 Å². The van der Waals surface area contributed by atoms with E-state index in [-0.39, 0.29) is 12.4 Å². The van der Waals surface area contributed by atoms with Crippen molar-refractivity contribution in [1.82, 2.24) is 30.2 Å². The van der Waals surface area contributed by atoms with Crippen LogP contribution in [0.4, 0.5) is 13.2 Å². The molecule has 2 aliphatic rings. The minimum atomic E-state index is -4.61. The molecule has 3 rings (SSSR count). The van der Waals surface area contributed by atoms with E-state index in [2.05, 4.69) is 15.4 Å². The zero-order chi connectivity index (χ0) is 18.9. The molecule has 1 amide bonds. The summed E-state index contributed by atoms with van der Waals surface area (Å²) in [6.07, 6.45) is -4.68. The summed E-state index contributed by atoms with van der Waals surface area (Å²) in [5.74, 6) is 4.90. The van der Waals surface area contributed by atoms with Gasteiger partial charge in [0.1, 0.15) is 6.17 Å². The van der Waals surface area contributed by atoms with Crippen LogP contribution < -0.4 is 16.6 Å². The van der Waals surface area contributed by atoms with Crippen molar-refractivity contribution in [2.45, 2.75) is 12.3 Å². The molecule has 0 aromatic carbocycles. The second-order valence-corrected chi connectivity index (χ2v) is 5.77. The van der Waals surface area contributed by atoms with Gasteiger partial charge in [0.05, 0.1) is 26.0 Å². The number of fused-ring (bicyclic) bond motifs is 1. The Kier molecular flexibility index (Phi) is 5.02. The van der Waals surface area contributed by atoms with Gasteiger partial charge in [-0.2, -0.15) is 13.2 Å². The number of aromatic nitrogens is 2. The second-order valence-electron chi connectivity index (χ2n) is 5.77. The number of carbonyl (C=O) groups is 1. The summed E-state index contributed by atoms with van der Waals surface area (Å²) >= 11 is 0. The summed E-state index contributed by atoms with van der Waals surface area (Å²) in [5, 5.41) is 7.01. The number of morpholine rings is 1. The average Bonchev–Trinajstić information content (AvgIpc) is 3.05. The molecule has 1 aromatic rings. The number of imidazole rings is 1. The van der Waals surface area contributed by atoms with E-state index in [1.54, 1.807) is 11.9 Å². The molecule has 1 aromatic heterocycles. The first-order valence-electron chi connectivity index (χ1n) is 7.85. The molecule has 1 atom stereocenters. The van der Waals surface area contributed by atoms with E-state index in [1.807, 2.05) is 10.3 Å². The maximum absolute atomic E-state index is 13.3. The lowest BCUT2D eigenvalue weighted by molar-refractivity contribution is -0.143. The summed E-state index contributed by atoms with van der Waals surface area (Å²) in [4.78, 5) is 18.8. The van der Waals surface area contributed by atoms with Crippen LogP contribution in [-0.2, 0) is 15.7 Å². The minimum Gasteiger partial charge on any atom is -0.378 e. The number of amides is 1. The molecular weight excluding hydrogens is 357 g/mol. The third-order valence-electron chi connectivity index (χ3n) is 4.10. The molecule has 1 unspecified atom stereocenters. The van der Waals surface area contributed by atoms with Crippen LogP contribution >= 0.6 is 0 Å². The first kappa shape index (κ1) is 18.4. The van der Waals surface area contributed by atoms with Crippen molar-refractivity contribution in [2.24, 2.45) is 10.9 Å². The molecule has 4 N–H and O–H groups in total. The van der Waals surface area contributed by atoms with E-state index >= 15 is 0 Å². The molecule has 26 heavy (non-hydrogen) atoms. The lowest BCUT2D eigenvalue weighted by Crippen LogP contribution is -2.55. The van der Waals surface area contributed by atoms with Crippen molar-refractivity contribution in [2.75, 3.05) is 39.9 Å². The zero-order valence-corrected chi connectivity index (χ0v) is 14.0. The Morgan fingerprint density at radius 1 is 1.42 bits per heavy atom. The minimum absolute atomic E-state index is 0.0293. The lowest BCUT2D eigenvalue weighted by atomic mass is 10.3. The topological polar surface area (TPSA) is 113 Å². The Bertz CT molecular complexity index is 698. The highest BCUT2D eigenvalue weighted by molar-refractivity contribution is 5.81. The molecular formula is C13H19F3N8O2. The van der Waals surface area contributed by atoms with E-state index in [0.29, 0.717) is 32.3 Å². The first-order chi connectivity index (χ1) is 12.3. The van der Waals surface area contributed by atoms with Gasteiger partial charge in [0.25, 0.3) is 0 Å². The summed E-state index contributed by atoms with van der Waals surface area (Å²) in [5.41, 5.74) is 0.978. The average molecular weight is 376 g/mol. The van der Waals surface area contributed by atoms with E-state index in [1.165, 1.54) is 0 Å². The number of hydrogen-bond acceptors (Lipinski definition) is 8. The quantitative estimate of drug-likeness (QED) is 0.348. The van der Waals surface area contributed by atoms with Crippen molar-refractivity contribution in [1.29, 1.82) is 0 Å². The number of nitrogens with two attached hydrogens (primary N) is 1. The highest BCUT2D eigenvalue weighted by Crippen LogP contribution is 2.33. The normalized spacial score (nSPS) is 20.7. The fraction of sp³-hybridized carbons (Fsp3) is 0.615. The van der Waals surface area contributed by atoms with Crippen LogP contribution in [0.2, 0.25) is 0 Å². The van der Waals surface area contributed by atoms with Crippen molar-refractivity contribution < 1.29 is 22.7 Å². The smallest absolute Gasteiger partial charge is 0.378 e. The number of halogens is 3. The largest absolute Gasteiger partial charge is 0.435 e. The van der Waals surface area contributed by atoms with Crippen molar-refractivity contribution in [3.05, 3.63) is 17.7 Å². The van der Waals surface area contributed by atoms with Crippen LogP contribution in [0, 0.1) is 0 Å². The van der Waals surface area contributed by atoms with Gasteiger partial charge in [-0.15, -0.1) is 5.10 Å². The van der Waals surface area contributed by atoms with Crippen molar-refractivity contribution in [3.63, 3.8) is 0 Å². The van der Waals surface area contributed by atoms with Crippen LogP contribution in [0.5, 0.6) is 0 Å². The highest BCUT2D eigenvalue weighted by Gasteiger charge is 2.41. The number of guanidine groups is 1. The third kappa shape index (κ3) is 3.45. The Labute approximate surface area is 146 Å². The summed E-state index contributed by atoms with van der Waals surface area (Å²) in [6.45, 7) is 1.68. The molecule has 3 heterocycles. The number of nitrogens with one attached hydrogen (secondary N) is 2. The fourth-order valence-corrected chi connectivity index (χ4v) is 2.81. The number of nitrogens with zero attached hydrogens (tertiary/aromatic N) is 5. The number of hydrazine groups is 1. The maximum atomic E-state index is 13.3. The highest BCUT2D eigenvalue weighted by atomic mass is 19.4. The molecule has 10 nitrogen and oxygen atoms in total. The van der Waals surface area contributed by atoms with Crippen molar-refractivity contribution in [3.8, 4) is 0 Å². The predicted octanol–water partition coefficient (Wildman–Crippen LogP) is -1.12. The number of carbonyl (C=O) groups excluding carboxylic acids is 1. The van der Waals surface area contributed by atoms with Gasteiger partial charge in [-0.1, -0.05) is 0 Å². The van der Waals surface area contributed by atoms with Crippen LogP contribution in [-0.4, -0.2) is 71.2 Å². The lowest BCUT2D eigenvalue weighted by Gasteiger charge is -2.40. The van der Waals surface area contributed by atoms with E-state index in [4.69, 9.17) is 10.6 Å². The summed E-state index contributed by atoms with van der Waals surface area (Å²) < 4.78 is 45.9. The maximum Gasteiger partial charge on any atom is 0.435 e. The standard InChI is InChI=1S/C13H19F3N8O2/c1-22-10(19-7-9(25)20-17)11-18-6-8(13(14,15)16)24(11)21-12(22)23-2-4-26-5-3-23/h6,10,19H,2-5,7,17H2,1H3,(H,20,25). The van der Waals surface area contributed by atoms with E-state index in [9.17, 15) is 18.0 Å². The number of hydrogen-bond donors (Lipinski definition) is 3. The second kappa shape index (κ2) is 7.09. The number of rotatable bonds is 3. The summed E-state index contributed by atoms with van der Waals surface area (Å²) in [6, 6.07) is 0. The van der Waals surface area contributed by atoms with Crippen LogP contribution in [0.3, 0.4) is 0 Å². The zero-order valence-electron chi connectivity index (χ0n) is 14.0. The van der Waals surface area contributed by atoms with Gasteiger partial charge in [0.2, 0.25) is 11.9 Å². The van der Waals surface area contributed by atoms with E-state index in [0.717, 1.165) is 10.9 Å².